The number of esters is 2. The van der Waals surface area contributed by atoms with Gasteiger partial charge in [0.25, 0.3) is 5.69 Å². The minimum Gasteiger partial charge on any atom is -0.468 e. The maximum atomic E-state index is 13.8. The number of nitro groups is 1. The molecule has 4 rings (SSSR count). The molecule has 0 aromatic heterocycles. The Morgan fingerprint density at radius 3 is 2.47 bits per heavy atom. The molecule has 192 valence electrons. The van der Waals surface area contributed by atoms with Gasteiger partial charge in [0.1, 0.15) is 12.0 Å². The van der Waals surface area contributed by atoms with Crippen molar-refractivity contribution in [2.45, 2.75) is 71.3 Å². The van der Waals surface area contributed by atoms with Crippen molar-refractivity contribution in [2.75, 3.05) is 7.11 Å². The monoisotopic (exact) mass is 496 g/mol. The number of aryl methyl sites for hydroxylation is 1. The van der Waals surface area contributed by atoms with Crippen LogP contribution in [0.15, 0.2) is 40.7 Å². The number of hydrogen-bond acceptors (Lipinski definition) is 8. The largest absolute Gasteiger partial charge is 0.468 e. The number of nitrogens with zero attached hydrogens (tertiary/aromatic N) is 1. The summed E-state index contributed by atoms with van der Waals surface area (Å²) in [5, 5.41) is 14.9. The van der Waals surface area contributed by atoms with Crippen molar-refractivity contribution in [3.63, 3.8) is 0 Å². The molecule has 0 bridgehead atoms. The Balaban J connectivity index is 1.84. The van der Waals surface area contributed by atoms with E-state index in [0.29, 0.717) is 28.9 Å². The summed E-state index contributed by atoms with van der Waals surface area (Å²) in [5.74, 6) is -3.85. The lowest BCUT2D eigenvalue weighted by molar-refractivity contribution is -0.385. The number of nitrogens with one attached hydrogen (secondary N) is 1. The van der Waals surface area contributed by atoms with Crippen LogP contribution < -0.4 is 5.32 Å². The summed E-state index contributed by atoms with van der Waals surface area (Å²) < 4.78 is 10.8. The first-order valence-corrected chi connectivity index (χ1v) is 12.4. The number of carbonyl (C=O) groups excluding carboxylic acids is 3. The summed E-state index contributed by atoms with van der Waals surface area (Å²) in [4.78, 5) is 51.2. The fourth-order valence-electron chi connectivity index (χ4n) is 5.68. The molecule has 1 N–H and O–H groups in total. The van der Waals surface area contributed by atoms with Crippen molar-refractivity contribution in [3.8, 4) is 0 Å². The number of ether oxygens (including phenoxy) is 2. The summed E-state index contributed by atoms with van der Waals surface area (Å²) in [7, 11) is 1.24. The van der Waals surface area contributed by atoms with Crippen LogP contribution in [0.1, 0.15) is 69.4 Å². The van der Waals surface area contributed by atoms with Gasteiger partial charge in [0, 0.05) is 34.5 Å². The van der Waals surface area contributed by atoms with Gasteiger partial charge in [-0.05, 0) is 57.4 Å². The number of rotatable bonds is 5. The number of carbonyl (C=O) groups is 3. The average molecular weight is 497 g/mol. The summed E-state index contributed by atoms with van der Waals surface area (Å²) in [6.45, 7) is 5.19. The van der Waals surface area contributed by atoms with Crippen LogP contribution in [-0.4, -0.2) is 35.9 Å². The summed E-state index contributed by atoms with van der Waals surface area (Å²) in [6.07, 6.45) is 4.81. The minimum absolute atomic E-state index is 0.105. The van der Waals surface area contributed by atoms with E-state index in [-0.39, 0.29) is 28.9 Å². The van der Waals surface area contributed by atoms with Crippen molar-refractivity contribution in [2.24, 2.45) is 11.8 Å². The van der Waals surface area contributed by atoms with E-state index in [4.69, 9.17) is 9.47 Å². The highest BCUT2D eigenvalue weighted by atomic mass is 16.6. The highest BCUT2D eigenvalue weighted by molar-refractivity contribution is 6.12. The number of dihydropyridines is 1. The lowest BCUT2D eigenvalue weighted by Crippen LogP contribution is -2.43. The van der Waals surface area contributed by atoms with Crippen LogP contribution in [0.2, 0.25) is 0 Å². The zero-order valence-corrected chi connectivity index (χ0v) is 21.1. The zero-order valence-electron chi connectivity index (χ0n) is 21.1. The lowest BCUT2D eigenvalue weighted by Gasteiger charge is -2.38. The van der Waals surface area contributed by atoms with E-state index in [2.05, 4.69) is 5.32 Å². The van der Waals surface area contributed by atoms with Gasteiger partial charge in [0.2, 0.25) is 0 Å². The van der Waals surface area contributed by atoms with Gasteiger partial charge in [0.05, 0.1) is 17.6 Å². The second-order valence-corrected chi connectivity index (χ2v) is 10.0. The van der Waals surface area contributed by atoms with Gasteiger partial charge in [-0.2, -0.15) is 0 Å². The molecule has 1 saturated carbocycles. The van der Waals surface area contributed by atoms with E-state index in [0.717, 1.165) is 32.1 Å². The number of benzene rings is 1. The molecule has 0 radical (unpaired) electrons. The van der Waals surface area contributed by atoms with Crippen LogP contribution >= 0.6 is 0 Å². The smallest absolute Gasteiger partial charge is 0.337 e. The van der Waals surface area contributed by atoms with Gasteiger partial charge in [-0.25, -0.2) is 4.79 Å². The van der Waals surface area contributed by atoms with Gasteiger partial charge >= 0.3 is 11.9 Å². The van der Waals surface area contributed by atoms with E-state index >= 15 is 0 Å². The maximum Gasteiger partial charge on any atom is 0.337 e. The Labute approximate surface area is 210 Å². The number of nitro benzene ring substituents is 1. The van der Waals surface area contributed by atoms with Gasteiger partial charge in [-0.1, -0.05) is 25.5 Å². The highest BCUT2D eigenvalue weighted by Gasteiger charge is 2.47. The second-order valence-electron chi connectivity index (χ2n) is 10.0. The van der Waals surface area contributed by atoms with Crippen LogP contribution in [-0.2, 0) is 23.9 Å². The molecule has 1 aromatic carbocycles. The van der Waals surface area contributed by atoms with Gasteiger partial charge in [0.15, 0.2) is 5.78 Å². The van der Waals surface area contributed by atoms with Crippen LogP contribution in [0.5, 0.6) is 0 Å². The predicted octanol–water partition coefficient (Wildman–Crippen LogP) is 4.39. The van der Waals surface area contributed by atoms with Crippen LogP contribution in [0, 0.1) is 28.9 Å². The third kappa shape index (κ3) is 4.66. The molecule has 1 aromatic rings. The molecule has 3 aliphatic rings. The van der Waals surface area contributed by atoms with Crippen molar-refractivity contribution >= 4 is 23.4 Å². The highest BCUT2D eigenvalue weighted by Crippen LogP contribution is 2.46. The molecule has 1 aliphatic heterocycles. The predicted molar refractivity (Wildman–Crippen MR) is 131 cm³/mol. The molecule has 1 fully saturated rings. The average Bonchev–Trinajstić information content (AvgIpc) is 2.83. The molecule has 9 nitrogen and oxygen atoms in total. The molecule has 3 atom stereocenters. The Hall–Kier alpha value is -3.49. The normalized spacial score (nSPS) is 24.7. The van der Waals surface area contributed by atoms with Crippen LogP contribution in [0.4, 0.5) is 5.69 Å². The number of allylic oxidation sites excluding steroid dienone is 3. The first-order chi connectivity index (χ1) is 17.1. The van der Waals surface area contributed by atoms with E-state index in [1.807, 2.05) is 6.92 Å². The lowest BCUT2D eigenvalue weighted by atomic mass is 9.69. The third-order valence-corrected chi connectivity index (χ3v) is 7.55. The molecular formula is C27H32N2O7. The Kier molecular flexibility index (Phi) is 7.28. The molecular weight excluding hydrogens is 464 g/mol. The first kappa shape index (κ1) is 25.6. The van der Waals surface area contributed by atoms with E-state index < -0.39 is 34.5 Å². The van der Waals surface area contributed by atoms with Gasteiger partial charge < -0.3 is 14.8 Å². The molecule has 0 saturated heterocycles. The summed E-state index contributed by atoms with van der Waals surface area (Å²) in [6, 6.07) is 4.72. The quantitative estimate of drug-likeness (QED) is 0.275. The zero-order chi connectivity index (χ0) is 26.1. The van der Waals surface area contributed by atoms with E-state index in [9.17, 15) is 24.5 Å². The van der Waals surface area contributed by atoms with E-state index in [1.165, 1.54) is 13.2 Å². The number of hydrogen-bond donors (Lipinski definition) is 1. The number of ketones is 1. The molecule has 2 aliphatic carbocycles. The van der Waals surface area contributed by atoms with Crippen molar-refractivity contribution < 1.29 is 28.8 Å². The van der Waals surface area contributed by atoms with Crippen LogP contribution in [0.25, 0.3) is 0 Å². The van der Waals surface area contributed by atoms with E-state index in [1.54, 1.807) is 26.0 Å². The summed E-state index contributed by atoms with van der Waals surface area (Å²) >= 11 is 0. The number of Topliss-reactive ketones (excluding diaryl/α,β-unsaturated/α-hetero) is 1. The molecule has 0 amide bonds. The fourth-order valence-corrected chi connectivity index (χ4v) is 5.68. The third-order valence-electron chi connectivity index (χ3n) is 7.55. The SMILES string of the molecule is COC(=O)[C@@H]1C(=O)C2=C(C[C@@H]1C)NC(C)=C(C(=O)OC1CCCCC1)[C@H]2c1ccc(C)c([N+](=O)[O-])c1. The second kappa shape index (κ2) is 10.2. The standard InChI is InChI=1S/C27H32N2O7/c1-14-10-11-17(13-20(14)29(33)34)23-22(27(32)36-18-8-6-5-7-9-18)16(3)28-19-12-15(2)21(26(31)35-4)25(30)24(19)23/h10-11,13,15,18,21,23,28H,5-9,12H2,1-4H3/t15-,21-,23+/m0/s1. The van der Waals surface area contributed by atoms with Crippen molar-refractivity contribution in [1.29, 1.82) is 0 Å². The molecule has 0 unspecified atom stereocenters. The Bertz CT molecular complexity index is 1180. The van der Waals surface area contributed by atoms with Crippen molar-refractivity contribution in [1.82, 2.24) is 5.32 Å². The van der Waals surface area contributed by atoms with Crippen molar-refractivity contribution in [3.05, 3.63) is 62.0 Å². The number of methoxy groups -OCH3 is 1. The summed E-state index contributed by atoms with van der Waals surface area (Å²) in [5.41, 5.74) is 2.46. The Morgan fingerprint density at radius 2 is 1.83 bits per heavy atom. The Morgan fingerprint density at radius 1 is 1.14 bits per heavy atom. The van der Waals surface area contributed by atoms with Crippen LogP contribution in [0.3, 0.4) is 0 Å². The fraction of sp³-hybridized carbons (Fsp3) is 0.519. The molecule has 0 spiro atoms. The van der Waals surface area contributed by atoms with Gasteiger partial charge in [-0.3, -0.25) is 19.7 Å². The topological polar surface area (TPSA) is 125 Å². The minimum atomic E-state index is -1.02. The molecule has 1 heterocycles. The van der Waals surface area contributed by atoms with Gasteiger partial charge in [-0.15, -0.1) is 0 Å². The molecule has 36 heavy (non-hydrogen) atoms. The molecule has 9 heteroatoms. The first-order valence-electron chi connectivity index (χ1n) is 12.4. The maximum absolute atomic E-state index is 13.8.